The largest absolute Gasteiger partial charge is 0.395 e. The van der Waals surface area contributed by atoms with Crippen molar-refractivity contribution < 1.29 is 9.90 Å². The van der Waals surface area contributed by atoms with E-state index < -0.39 is 6.04 Å². The highest BCUT2D eigenvalue weighted by Crippen LogP contribution is 2.10. The number of hydrogen-bond acceptors (Lipinski definition) is 4. The van der Waals surface area contributed by atoms with E-state index in [1.54, 1.807) is 0 Å². The maximum absolute atomic E-state index is 12.0. The van der Waals surface area contributed by atoms with Gasteiger partial charge in [0.2, 0.25) is 5.91 Å². The van der Waals surface area contributed by atoms with Gasteiger partial charge in [-0.2, -0.15) is 11.8 Å². The van der Waals surface area contributed by atoms with Crippen LogP contribution >= 0.6 is 11.8 Å². The van der Waals surface area contributed by atoms with Gasteiger partial charge in [-0.25, -0.2) is 0 Å². The third-order valence-electron chi connectivity index (χ3n) is 3.05. The molecule has 106 valence electrons. The summed E-state index contributed by atoms with van der Waals surface area (Å²) < 4.78 is 0. The van der Waals surface area contributed by atoms with Crippen molar-refractivity contribution in [3.63, 3.8) is 0 Å². The first-order chi connectivity index (χ1) is 9.08. The number of thioether (sulfide) groups is 1. The third-order valence-corrected chi connectivity index (χ3v) is 4.21. The number of aliphatic hydroxyl groups excluding tert-OH is 1. The molecule has 0 saturated carbocycles. The molecule has 0 aliphatic rings. The first-order valence-electron chi connectivity index (χ1n) is 6.32. The number of amides is 1. The van der Waals surface area contributed by atoms with Crippen molar-refractivity contribution in [2.24, 2.45) is 5.73 Å². The monoisotopic (exact) mass is 282 g/mol. The summed E-state index contributed by atoms with van der Waals surface area (Å²) in [6.07, 6.45) is 2.43. The Morgan fingerprint density at radius 2 is 2.05 bits per heavy atom. The highest BCUT2D eigenvalue weighted by atomic mass is 32.2. The second kappa shape index (κ2) is 8.19. The average Bonchev–Trinajstić information content (AvgIpc) is 2.41. The van der Waals surface area contributed by atoms with Crippen molar-refractivity contribution in [1.82, 2.24) is 5.32 Å². The van der Waals surface area contributed by atoms with E-state index in [2.05, 4.69) is 5.32 Å². The Hall–Kier alpha value is -1.04. The number of carbonyl (C=O) groups excluding carboxylic acids is 1. The zero-order chi connectivity index (χ0) is 14.3. The lowest BCUT2D eigenvalue weighted by atomic mass is 10.1. The van der Waals surface area contributed by atoms with E-state index in [4.69, 9.17) is 5.73 Å². The van der Waals surface area contributed by atoms with Gasteiger partial charge in [0, 0.05) is 11.3 Å². The molecular formula is C14H22N2O2S. The molecule has 4 N–H and O–H groups in total. The number of benzene rings is 1. The minimum absolute atomic E-state index is 0.00660. The molecule has 0 aromatic heterocycles. The van der Waals surface area contributed by atoms with Crippen LogP contribution in [0.5, 0.6) is 0 Å². The highest BCUT2D eigenvalue weighted by Gasteiger charge is 2.21. The quantitative estimate of drug-likeness (QED) is 0.691. The summed E-state index contributed by atoms with van der Waals surface area (Å²) in [7, 11) is 0. The summed E-state index contributed by atoms with van der Waals surface area (Å²) >= 11 is 1.53. The summed E-state index contributed by atoms with van der Waals surface area (Å²) in [5, 5.41) is 12.0. The fraction of sp³-hybridized carbons (Fsp3) is 0.500. The van der Waals surface area contributed by atoms with E-state index in [1.165, 1.54) is 11.8 Å². The number of hydrogen-bond donors (Lipinski definition) is 3. The lowest BCUT2D eigenvalue weighted by molar-refractivity contribution is -0.122. The predicted molar refractivity (Wildman–Crippen MR) is 80.1 cm³/mol. The summed E-state index contributed by atoms with van der Waals surface area (Å²) in [6, 6.07) is 9.03. The van der Waals surface area contributed by atoms with Gasteiger partial charge in [-0.3, -0.25) is 4.79 Å². The fourth-order valence-electron chi connectivity index (χ4n) is 1.82. The molecule has 1 rings (SSSR count). The minimum atomic E-state index is -0.564. The Bertz CT molecular complexity index is 382. The Labute approximate surface area is 118 Å². The van der Waals surface area contributed by atoms with Crippen molar-refractivity contribution in [3.8, 4) is 0 Å². The number of nitrogens with one attached hydrogen (secondary N) is 1. The number of carbonyl (C=O) groups is 1. The molecule has 0 radical (unpaired) electrons. The van der Waals surface area contributed by atoms with Gasteiger partial charge in [-0.15, -0.1) is 0 Å². The molecule has 19 heavy (non-hydrogen) atoms. The Kier molecular flexibility index (Phi) is 6.91. The van der Waals surface area contributed by atoms with E-state index >= 15 is 0 Å². The SMILES string of the molecule is CSC(CO)C(C)NC(=O)C(N)Cc1ccccc1. The molecule has 1 aromatic rings. The molecule has 0 aliphatic carbocycles. The Morgan fingerprint density at radius 3 is 2.58 bits per heavy atom. The van der Waals surface area contributed by atoms with E-state index in [1.807, 2.05) is 43.5 Å². The minimum Gasteiger partial charge on any atom is -0.395 e. The lowest BCUT2D eigenvalue weighted by Crippen LogP contribution is -2.49. The molecule has 1 amide bonds. The molecule has 0 heterocycles. The molecule has 4 nitrogen and oxygen atoms in total. The van der Waals surface area contributed by atoms with Gasteiger partial charge in [-0.1, -0.05) is 30.3 Å². The normalized spacial score (nSPS) is 15.6. The number of rotatable bonds is 7. The first-order valence-corrected chi connectivity index (χ1v) is 7.60. The fourth-order valence-corrected chi connectivity index (χ4v) is 2.45. The number of aliphatic hydroxyl groups is 1. The van der Waals surface area contributed by atoms with Gasteiger partial charge in [0.15, 0.2) is 0 Å². The molecule has 3 atom stereocenters. The molecule has 0 fully saturated rings. The van der Waals surface area contributed by atoms with Crippen LogP contribution < -0.4 is 11.1 Å². The molecule has 0 bridgehead atoms. The average molecular weight is 282 g/mol. The Balaban J connectivity index is 2.49. The maximum atomic E-state index is 12.0. The van der Waals surface area contributed by atoms with Crippen LogP contribution in [0.4, 0.5) is 0 Å². The van der Waals surface area contributed by atoms with Crippen LogP contribution in [0.1, 0.15) is 12.5 Å². The summed E-state index contributed by atoms with van der Waals surface area (Å²) in [6.45, 7) is 1.92. The second-order valence-corrected chi connectivity index (χ2v) is 5.63. The molecule has 0 saturated heterocycles. The standard InChI is InChI=1S/C14H22N2O2S/c1-10(13(9-17)19-2)16-14(18)12(15)8-11-6-4-3-5-7-11/h3-7,10,12-13,17H,8-9,15H2,1-2H3,(H,16,18). The van der Waals surface area contributed by atoms with Crippen molar-refractivity contribution in [2.45, 2.75) is 30.7 Å². The summed E-state index contributed by atoms with van der Waals surface area (Å²) in [4.78, 5) is 12.0. The van der Waals surface area contributed by atoms with Gasteiger partial charge in [0.05, 0.1) is 12.6 Å². The molecule has 3 unspecified atom stereocenters. The zero-order valence-electron chi connectivity index (χ0n) is 11.4. The lowest BCUT2D eigenvalue weighted by Gasteiger charge is -2.23. The van der Waals surface area contributed by atoms with Gasteiger partial charge < -0.3 is 16.2 Å². The zero-order valence-corrected chi connectivity index (χ0v) is 12.2. The van der Waals surface area contributed by atoms with Gasteiger partial charge in [0.1, 0.15) is 0 Å². The van der Waals surface area contributed by atoms with Crippen LogP contribution in [0.15, 0.2) is 30.3 Å². The van der Waals surface area contributed by atoms with Crippen LogP contribution in [0, 0.1) is 0 Å². The third kappa shape index (κ3) is 5.22. The molecule has 0 aliphatic heterocycles. The number of nitrogens with two attached hydrogens (primary N) is 1. The van der Waals surface area contributed by atoms with E-state index in [0.717, 1.165) is 5.56 Å². The molecular weight excluding hydrogens is 260 g/mol. The van der Waals surface area contributed by atoms with Gasteiger partial charge >= 0.3 is 0 Å². The van der Waals surface area contributed by atoms with Crippen LogP contribution in [0.3, 0.4) is 0 Å². The first kappa shape index (κ1) is 16.0. The van der Waals surface area contributed by atoms with Crippen molar-refractivity contribution in [1.29, 1.82) is 0 Å². The van der Waals surface area contributed by atoms with E-state index in [9.17, 15) is 9.90 Å². The summed E-state index contributed by atoms with van der Waals surface area (Å²) in [5.41, 5.74) is 6.94. The highest BCUT2D eigenvalue weighted by molar-refractivity contribution is 7.99. The second-order valence-electron chi connectivity index (χ2n) is 4.55. The smallest absolute Gasteiger partial charge is 0.237 e. The van der Waals surface area contributed by atoms with Gasteiger partial charge in [0.25, 0.3) is 0 Å². The predicted octanol–water partition coefficient (Wildman–Crippen LogP) is 0.785. The maximum Gasteiger partial charge on any atom is 0.237 e. The van der Waals surface area contributed by atoms with Crippen LogP contribution in [0.2, 0.25) is 0 Å². The van der Waals surface area contributed by atoms with Gasteiger partial charge in [-0.05, 0) is 25.2 Å². The van der Waals surface area contributed by atoms with Crippen molar-refractivity contribution in [3.05, 3.63) is 35.9 Å². The molecule has 1 aromatic carbocycles. The van der Waals surface area contributed by atoms with Crippen LogP contribution in [-0.4, -0.2) is 41.2 Å². The van der Waals surface area contributed by atoms with Crippen LogP contribution in [0.25, 0.3) is 0 Å². The molecule has 0 spiro atoms. The molecule has 5 heteroatoms. The Morgan fingerprint density at radius 1 is 1.42 bits per heavy atom. The summed E-state index contributed by atoms with van der Waals surface area (Å²) in [5.74, 6) is -0.177. The van der Waals surface area contributed by atoms with Crippen molar-refractivity contribution >= 4 is 17.7 Å². The van der Waals surface area contributed by atoms with Crippen molar-refractivity contribution in [2.75, 3.05) is 12.9 Å². The van der Waals surface area contributed by atoms with E-state index in [-0.39, 0.29) is 23.8 Å². The van der Waals surface area contributed by atoms with Crippen LogP contribution in [-0.2, 0) is 11.2 Å². The van der Waals surface area contributed by atoms with E-state index in [0.29, 0.717) is 6.42 Å². The topological polar surface area (TPSA) is 75.3 Å².